The molecule has 2 unspecified atom stereocenters. The Morgan fingerprint density at radius 3 is 1.37 bits per heavy atom. The first kappa shape index (κ1) is 104. The van der Waals surface area contributed by atoms with Crippen LogP contribution in [0.1, 0.15) is 267 Å². The molecule has 0 radical (unpaired) electrons. The van der Waals surface area contributed by atoms with E-state index in [9.17, 15) is 45.3 Å². The fraction of sp³-hybridized carbons (Fsp3) is 0.634. The van der Waals surface area contributed by atoms with Crippen molar-refractivity contribution in [1.82, 2.24) is 29.2 Å². The van der Waals surface area contributed by atoms with Gasteiger partial charge in [-0.3, -0.25) is 18.1 Å². The lowest BCUT2D eigenvalue weighted by Gasteiger charge is -2.29. The molecule has 4 aromatic heterocycles. The number of halogens is 1. The van der Waals surface area contributed by atoms with Crippen LogP contribution < -0.4 is 25.5 Å². The number of fused-ring (bicyclic) bond motifs is 3. The molecule has 32 nitrogen and oxygen atoms in total. The molecular formula is C93H133ClN12O20P2. The number of ether oxygens (including phenoxy) is 10. The van der Waals surface area contributed by atoms with Gasteiger partial charge >= 0.3 is 15.6 Å². The molecule has 12 atom stereocenters. The first-order chi connectivity index (χ1) is 62.0. The lowest BCUT2D eigenvalue weighted by atomic mass is 9.92. The van der Waals surface area contributed by atoms with Crippen LogP contribution in [0.2, 0.25) is 5.02 Å². The first-order valence-corrected chi connectivity index (χ1v) is 48.9. The maximum absolute atomic E-state index is 14.9. The molecule has 3 saturated heterocycles. The number of hydrogen-bond acceptors (Lipinski definition) is 29. The van der Waals surface area contributed by atoms with Crippen molar-refractivity contribution in [2.45, 2.75) is 312 Å². The maximum atomic E-state index is 14.9. The molecule has 7 N–H and O–H groups in total. The van der Waals surface area contributed by atoms with Crippen molar-refractivity contribution in [2.24, 2.45) is 0 Å². The van der Waals surface area contributed by atoms with Gasteiger partial charge in [0.25, 0.3) is 0 Å². The van der Waals surface area contributed by atoms with Crippen LogP contribution in [0.3, 0.4) is 0 Å². The molecule has 7 heterocycles. The van der Waals surface area contributed by atoms with Crippen LogP contribution in [0, 0.1) is 45.3 Å². The number of nitriles is 4. The summed E-state index contributed by atoms with van der Waals surface area (Å²) in [7, 11) is -6.40. The van der Waals surface area contributed by atoms with E-state index in [4.69, 9.17) is 93.1 Å². The number of anilines is 2. The predicted octanol–water partition coefficient (Wildman–Crippen LogP) is 18.6. The molecule has 3 aliphatic rings. The van der Waals surface area contributed by atoms with Gasteiger partial charge in [0.15, 0.2) is 17.4 Å². The van der Waals surface area contributed by atoms with Gasteiger partial charge in [-0.15, -0.1) is 0 Å². The number of benzene rings is 3. The lowest BCUT2D eigenvalue weighted by molar-refractivity contribution is -0.204. The fourth-order valence-electron chi connectivity index (χ4n) is 16.0. The number of hydrogen-bond donors (Lipinski definition) is 5. The third kappa shape index (κ3) is 31.1. The summed E-state index contributed by atoms with van der Waals surface area (Å²) < 4.78 is 119. The normalized spacial score (nSPS) is 20.7. The van der Waals surface area contributed by atoms with Gasteiger partial charge in [-0.05, 0) is 98.5 Å². The number of rotatable bonds is 62. The Morgan fingerprint density at radius 1 is 0.508 bits per heavy atom. The van der Waals surface area contributed by atoms with Gasteiger partial charge in [-0.2, -0.15) is 31.2 Å². The van der Waals surface area contributed by atoms with Crippen molar-refractivity contribution in [3.63, 3.8) is 0 Å². The highest BCUT2D eigenvalue weighted by Gasteiger charge is 2.66. The number of para-hydroxylation sites is 1. The Labute approximate surface area is 758 Å². The van der Waals surface area contributed by atoms with E-state index in [0.29, 0.717) is 58.1 Å². The van der Waals surface area contributed by atoms with E-state index >= 15 is 0 Å². The van der Waals surface area contributed by atoms with Gasteiger partial charge < -0.3 is 78.5 Å². The van der Waals surface area contributed by atoms with Crippen LogP contribution in [0.15, 0.2) is 97.6 Å². The zero-order chi connectivity index (χ0) is 91.6. The van der Waals surface area contributed by atoms with Crippen molar-refractivity contribution in [2.75, 3.05) is 78.5 Å². The minimum atomic E-state index is -4.79. The van der Waals surface area contributed by atoms with Crippen LogP contribution in [-0.2, 0) is 89.5 Å². The third-order valence-electron chi connectivity index (χ3n) is 23.1. The molecular weight excluding hydrogens is 1700 g/mol. The fourth-order valence-corrected chi connectivity index (χ4v) is 18.2. The Bertz CT molecular complexity index is 4770. The smallest absolute Gasteiger partial charge is 0.495 e. The maximum Gasteiger partial charge on any atom is 0.530 e. The van der Waals surface area contributed by atoms with Crippen LogP contribution in [0.25, 0.3) is 11.0 Å². The van der Waals surface area contributed by atoms with E-state index in [0.717, 1.165) is 44.1 Å². The van der Waals surface area contributed by atoms with E-state index in [1.54, 1.807) is 86.6 Å². The van der Waals surface area contributed by atoms with Crippen molar-refractivity contribution in [3.8, 4) is 41.5 Å². The van der Waals surface area contributed by atoms with E-state index in [1.807, 2.05) is 6.07 Å². The zero-order valence-corrected chi connectivity index (χ0v) is 77.8. The number of nitrogens with zero attached hydrogens (tertiary/aromatic N) is 10. The molecule has 0 bridgehead atoms. The molecule has 35 heteroatoms. The van der Waals surface area contributed by atoms with Gasteiger partial charge in [-0.25, -0.2) is 28.1 Å². The van der Waals surface area contributed by atoms with E-state index in [1.165, 1.54) is 215 Å². The Hall–Kier alpha value is -7.99. The third-order valence-corrected chi connectivity index (χ3v) is 25.7. The summed E-state index contributed by atoms with van der Waals surface area (Å²) in [4.78, 5) is 18.6. The summed E-state index contributed by atoms with van der Waals surface area (Å²) in [6, 6.07) is 31.4. The largest absolute Gasteiger partial charge is 0.530 e. The Kier molecular flexibility index (Phi) is 43.9. The number of aromatic nitrogens is 6. The molecule has 0 spiro atoms. The van der Waals surface area contributed by atoms with Crippen molar-refractivity contribution in [3.05, 3.63) is 136 Å². The second-order valence-electron chi connectivity index (χ2n) is 33.3. The summed E-state index contributed by atoms with van der Waals surface area (Å²) in [6.45, 7) is 7.50. The number of methoxy groups -OCH3 is 2. The second-order valence-corrected chi connectivity index (χ2v) is 36.8. The number of unbranched alkanes of at least 4 members (excludes halogenated alkanes) is 30. The van der Waals surface area contributed by atoms with Gasteiger partial charge in [-0.1, -0.05) is 242 Å². The molecule has 0 saturated carbocycles. The van der Waals surface area contributed by atoms with Crippen molar-refractivity contribution < 1.29 is 94.2 Å². The van der Waals surface area contributed by atoms with Crippen LogP contribution in [0.4, 0.5) is 11.6 Å². The average Bonchev–Trinajstić information content (AvgIpc) is 1.55. The SMILES string of the molecule is CCCCCCCCCCCCCCCCCCOC[C@H](COP(=O)(O)OC[C@H]1O[C@@](C#N)(c2ccc3c(N)ncnn23)[C@H](O)[C@@H]1O)OCc1ccc(C#N)c(OC)c1.CCCCCCCCCCCCCCCCCCOC[C@H](COP(=O)(OC[C@H]1O[C@@](C#N)(c2ccc3c(N)ncnn23)[C@@H]2OC(C)(C)O[C@@H]21)Oc1ccccc1Cl)OCc1ccc(C#N)c(OC)c1. The van der Waals surface area contributed by atoms with Crippen molar-refractivity contribution in [1.29, 1.82) is 21.0 Å². The van der Waals surface area contributed by atoms with E-state index < -0.39 is 101 Å². The summed E-state index contributed by atoms with van der Waals surface area (Å²) in [6.07, 6.45) is 33.9. The highest BCUT2D eigenvalue weighted by Crippen LogP contribution is 2.55. The van der Waals surface area contributed by atoms with Crippen LogP contribution in [0.5, 0.6) is 17.2 Å². The van der Waals surface area contributed by atoms with Crippen LogP contribution >= 0.6 is 27.2 Å². The quantitative estimate of drug-likeness (QED) is 0.0175. The van der Waals surface area contributed by atoms with Gasteiger partial charge in [0.05, 0.1) is 94.6 Å². The number of aliphatic hydroxyl groups excluding tert-OH is 2. The van der Waals surface area contributed by atoms with E-state index in [-0.39, 0.29) is 61.1 Å². The standard InChI is InChI=1S/C51H70ClN6O10P.C42H63N6O10P/c1-5-6-7-8-9-10-11-12-13-14-15-16-17-18-19-22-29-61-33-40(62-32-38-25-26-39(31-53)44(30-38)60-4)34-63-69(59,68-43-24-21-20-23-41(43)52)64-35-45-47-48(67-50(2,3)66-47)51(36-54,65-45)46-28-27-42-49(55)56-37-57-58(42)46;1-3-4-5-6-7-8-9-10-11-12-13-14-15-16-17-18-23-54-27-34(55-26-32-19-20-33(25-43)36(24-32)53-2)28-56-59(51,52)57-29-37-39(49)40(50)42(30-44,58-37)38-22-21-35-41(45)46-31-47-48(35)38/h20-21,23-28,30,37,40,45,47-48H,5-19,22,29,32-35H2,1-4H3,(H2,55,56,57);19-22,24,31,34,37,39-40,49-50H,3-18,23,26-29H2,1-2H3,(H,51,52)(H2,45,46,47)/t40-,45-,47-,48-,51+,69?;34-,37-,39-,40-,42+/m11/s1. The number of nitrogens with two attached hydrogens (primary N) is 2. The molecule has 3 aliphatic heterocycles. The summed E-state index contributed by atoms with van der Waals surface area (Å²) >= 11 is 6.50. The molecule has 10 rings (SSSR count). The van der Waals surface area contributed by atoms with Crippen molar-refractivity contribution >= 4 is 49.9 Å². The zero-order valence-electron chi connectivity index (χ0n) is 75.2. The highest BCUT2D eigenvalue weighted by molar-refractivity contribution is 7.49. The molecule has 128 heavy (non-hydrogen) atoms. The highest BCUT2D eigenvalue weighted by atomic mass is 35.5. The second kappa shape index (κ2) is 54.1. The van der Waals surface area contributed by atoms with Gasteiger partial charge in [0.2, 0.25) is 11.2 Å². The summed E-state index contributed by atoms with van der Waals surface area (Å²) in [5.74, 6) is 0.0665. The monoisotopic (exact) mass is 1830 g/mol. The first-order valence-electron chi connectivity index (χ1n) is 45.6. The predicted molar refractivity (Wildman–Crippen MR) is 482 cm³/mol. The summed E-state index contributed by atoms with van der Waals surface area (Å²) in [5, 5.41) is 70.3. The van der Waals surface area contributed by atoms with Gasteiger partial charge in [0, 0.05) is 13.2 Å². The molecule has 7 aromatic rings. The minimum Gasteiger partial charge on any atom is -0.495 e. The molecule has 3 aromatic carbocycles. The lowest BCUT2D eigenvalue weighted by Crippen LogP contribution is -2.41. The number of nitrogen functional groups attached to an aromatic ring is 2. The number of phosphoric ester groups is 2. The minimum absolute atomic E-state index is 0.0551. The number of phosphoric acid groups is 2. The Balaban J connectivity index is 0.000000293. The number of aliphatic hydroxyl groups is 2. The van der Waals surface area contributed by atoms with Gasteiger partial charge in [0.1, 0.15) is 114 Å². The molecule has 702 valence electrons. The topological polar surface area (TPSA) is 441 Å². The van der Waals surface area contributed by atoms with Crippen LogP contribution in [-0.4, -0.2) is 166 Å². The molecule has 0 amide bonds. The molecule has 3 fully saturated rings. The molecule has 0 aliphatic carbocycles. The Morgan fingerprint density at radius 2 is 0.930 bits per heavy atom. The van der Waals surface area contributed by atoms with E-state index in [2.05, 4.69) is 52.2 Å². The average molecular weight is 1840 g/mol. The summed E-state index contributed by atoms with van der Waals surface area (Å²) in [5.41, 5.74) is 11.6.